The van der Waals surface area contributed by atoms with Gasteiger partial charge in [-0.1, -0.05) is 6.92 Å². The molecule has 0 aromatic rings. The first-order valence-corrected chi connectivity index (χ1v) is 13.1. The van der Waals surface area contributed by atoms with Gasteiger partial charge in [0, 0.05) is 65.4 Å². The highest BCUT2D eigenvalue weighted by Crippen LogP contribution is 2.14. The summed E-state index contributed by atoms with van der Waals surface area (Å²) in [6.45, 7) is 13.4. The fourth-order valence-electron chi connectivity index (χ4n) is 4.10. The summed E-state index contributed by atoms with van der Waals surface area (Å²) in [7, 11) is -3.15. The summed E-state index contributed by atoms with van der Waals surface area (Å²) in [5.41, 5.74) is 0. The Morgan fingerprint density at radius 2 is 1.70 bits per heavy atom. The third kappa shape index (κ3) is 7.09. The van der Waals surface area contributed by atoms with Crippen LogP contribution in [0.5, 0.6) is 0 Å². The minimum absolute atomic E-state index is 0.0687. The minimum atomic E-state index is -3.15. The largest absolute Gasteiger partial charge is 0.357 e. The van der Waals surface area contributed by atoms with E-state index in [1.165, 1.54) is 10.6 Å². The molecule has 10 heteroatoms. The van der Waals surface area contributed by atoms with Gasteiger partial charge in [0.05, 0.1) is 12.3 Å². The number of nitrogens with one attached hydrogen (secondary N) is 1. The second kappa shape index (κ2) is 11.9. The predicted octanol–water partition coefficient (Wildman–Crippen LogP) is 0.252. The number of sulfonamides is 1. The Morgan fingerprint density at radius 3 is 2.23 bits per heavy atom. The monoisotopic (exact) mass is 444 g/mol. The van der Waals surface area contributed by atoms with Gasteiger partial charge in [0.2, 0.25) is 15.9 Å². The highest BCUT2D eigenvalue weighted by molar-refractivity contribution is 7.88. The summed E-state index contributed by atoms with van der Waals surface area (Å²) in [6.07, 6.45) is 4.18. The Bertz CT molecular complexity index is 670. The lowest BCUT2D eigenvalue weighted by Crippen LogP contribution is -2.57. The Hall–Kier alpha value is -1.39. The normalized spacial score (nSPS) is 20.1. The van der Waals surface area contributed by atoms with Crippen LogP contribution in [0.3, 0.4) is 0 Å². The van der Waals surface area contributed by atoms with Crippen LogP contribution in [0.4, 0.5) is 0 Å². The number of carbonyl (C=O) groups is 1. The van der Waals surface area contributed by atoms with Gasteiger partial charge in [-0.2, -0.15) is 0 Å². The highest BCUT2D eigenvalue weighted by atomic mass is 32.2. The van der Waals surface area contributed by atoms with Gasteiger partial charge in [0.1, 0.15) is 0 Å². The Morgan fingerprint density at radius 1 is 1.07 bits per heavy atom. The lowest BCUT2D eigenvalue weighted by Gasteiger charge is -2.39. The van der Waals surface area contributed by atoms with Crippen LogP contribution in [0.2, 0.25) is 0 Å². The molecule has 0 bridgehead atoms. The van der Waals surface area contributed by atoms with Crippen LogP contribution in [0.15, 0.2) is 4.99 Å². The van der Waals surface area contributed by atoms with Crippen molar-refractivity contribution < 1.29 is 13.2 Å². The summed E-state index contributed by atoms with van der Waals surface area (Å²) in [5, 5.41) is 3.35. The van der Waals surface area contributed by atoms with E-state index in [1.807, 2.05) is 25.7 Å². The molecule has 2 heterocycles. The van der Waals surface area contributed by atoms with E-state index in [0.29, 0.717) is 26.1 Å². The lowest BCUT2D eigenvalue weighted by molar-refractivity contribution is -0.135. The molecule has 1 amide bonds. The molecule has 0 aliphatic carbocycles. The number of carbonyl (C=O) groups excluding carboxylic acids is 1. The number of hydrogen-bond donors (Lipinski definition) is 1. The van der Waals surface area contributed by atoms with Crippen molar-refractivity contribution in [2.45, 2.75) is 46.1 Å². The molecule has 30 heavy (non-hydrogen) atoms. The molecule has 1 unspecified atom stereocenters. The number of piperazine rings is 1. The van der Waals surface area contributed by atoms with Crippen LogP contribution < -0.4 is 5.32 Å². The molecule has 0 aromatic carbocycles. The van der Waals surface area contributed by atoms with Crippen molar-refractivity contribution in [2.24, 2.45) is 4.99 Å². The van der Waals surface area contributed by atoms with Crippen LogP contribution >= 0.6 is 0 Å². The first-order valence-electron chi connectivity index (χ1n) is 11.3. The molecular weight excluding hydrogens is 404 g/mol. The quantitative estimate of drug-likeness (QED) is 0.312. The van der Waals surface area contributed by atoms with Crippen molar-refractivity contribution in [3.05, 3.63) is 0 Å². The molecule has 2 aliphatic rings. The van der Waals surface area contributed by atoms with E-state index >= 15 is 0 Å². The first kappa shape index (κ1) is 24.9. The summed E-state index contributed by atoms with van der Waals surface area (Å²) in [4.78, 5) is 23.9. The van der Waals surface area contributed by atoms with Gasteiger partial charge in [-0.25, -0.2) is 12.7 Å². The molecule has 1 atom stereocenters. The lowest BCUT2D eigenvalue weighted by atomic mass is 10.2. The molecule has 0 aromatic heterocycles. The fraction of sp³-hybridized carbons (Fsp3) is 0.900. The van der Waals surface area contributed by atoms with Crippen LogP contribution in [-0.2, 0) is 14.8 Å². The van der Waals surface area contributed by atoms with Crippen molar-refractivity contribution in [3.63, 3.8) is 0 Å². The van der Waals surface area contributed by atoms with Crippen molar-refractivity contribution in [1.29, 1.82) is 0 Å². The van der Waals surface area contributed by atoms with Crippen LogP contribution in [0.25, 0.3) is 0 Å². The number of guanidine groups is 1. The molecule has 2 saturated heterocycles. The SMILES string of the molecule is CCNC(=NCCCN(CC)S(C)(=O)=O)N1CCN(C(C)C(=O)N2CCCC2)CC1. The minimum Gasteiger partial charge on any atom is -0.357 e. The number of hydrogen-bond acceptors (Lipinski definition) is 5. The van der Waals surface area contributed by atoms with Crippen LogP contribution in [0, 0.1) is 0 Å². The molecule has 2 fully saturated rings. The predicted molar refractivity (Wildman–Crippen MR) is 121 cm³/mol. The second-order valence-electron chi connectivity index (χ2n) is 8.08. The molecule has 0 radical (unpaired) electrons. The van der Waals surface area contributed by atoms with Gasteiger partial charge in [-0.05, 0) is 33.1 Å². The third-order valence-electron chi connectivity index (χ3n) is 5.92. The van der Waals surface area contributed by atoms with E-state index in [-0.39, 0.29) is 11.9 Å². The van der Waals surface area contributed by atoms with Crippen molar-refractivity contribution >= 4 is 21.9 Å². The number of nitrogens with zero attached hydrogens (tertiary/aromatic N) is 5. The number of likely N-dealkylation sites (tertiary alicyclic amines) is 1. The summed E-state index contributed by atoms with van der Waals surface area (Å²) in [6, 6.07) is -0.0687. The zero-order valence-electron chi connectivity index (χ0n) is 19.1. The van der Waals surface area contributed by atoms with Gasteiger partial charge < -0.3 is 15.1 Å². The van der Waals surface area contributed by atoms with Gasteiger partial charge in [-0.15, -0.1) is 0 Å². The molecule has 0 saturated carbocycles. The maximum atomic E-state index is 12.7. The standard InChI is InChI=1S/C20H40N6O3S/c1-5-21-20(22-10-9-13-26(6-2)30(4,28)29)25-16-14-23(15-17-25)18(3)19(27)24-11-7-8-12-24/h18H,5-17H2,1-4H3,(H,21,22). The van der Waals surface area contributed by atoms with E-state index in [0.717, 1.165) is 64.6 Å². The number of aliphatic imine (C=N–C) groups is 1. The molecule has 2 rings (SSSR count). The van der Waals surface area contributed by atoms with Crippen LogP contribution in [-0.4, -0.2) is 117 Å². The van der Waals surface area contributed by atoms with Crippen molar-refractivity contribution in [3.8, 4) is 0 Å². The van der Waals surface area contributed by atoms with Gasteiger partial charge >= 0.3 is 0 Å². The smallest absolute Gasteiger partial charge is 0.239 e. The Balaban J connectivity index is 1.84. The van der Waals surface area contributed by atoms with Crippen molar-refractivity contribution in [1.82, 2.24) is 24.3 Å². The average molecular weight is 445 g/mol. The topological polar surface area (TPSA) is 88.6 Å². The van der Waals surface area contributed by atoms with E-state index in [1.54, 1.807) is 0 Å². The first-order chi connectivity index (χ1) is 14.3. The zero-order chi connectivity index (χ0) is 22.1. The summed E-state index contributed by atoms with van der Waals surface area (Å²) in [5.74, 6) is 1.13. The summed E-state index contributed by atoms with van der Waals surface area (Å²) >= 11 is 0. The van der Waals surface area contributed by atoms with Crippen molar-refractivity contribution in [2.75, 3.05) is 71.7 Å². The Kier molecular flexibility index (Phi) is 9.83. The average Bonchev–Trinajstić information content (AvgIpc) is 3.26. The Labute approximate surface area is 182 Å². The van der Waals surface area contributed by atoms with Crippen LogP contribution in [0.1, 0.15) is 40.0 Å². The van der Waals surface area contributed by atoms with E-state index in [9.17, 15) is 13.2 Å². The highest BCUT2D eigenvalue weighted by Gasteiger charge is 2.30. The molecule has 1 N–H and O–H groups in total. The second-order valence-corrected chi connectivity index (χ2v) is 10.1. The van der Waals surface area contributed by atoms with Gasteiger partial charge in [0.15, 0.2) is 5.96 Å². The molecular formula is C20H40N6O3S. The van der Waals surface area contributed by atoms with E-state index in [2.05, 4.69) is 15.1 Å². The van der Waals surface area contributed by atoms with E-state index in [4.69, 9.17) is 4.99 Å². The number of amides is 1. The fourth-order valence-corrected chi connectivity index (χ4v) is 5.02. The maximum absolute atomic E-state index is 12.7. The van der Waals surface area contributed by atoms with E-state index < -0.39 is 10.0 Å². The summed E-state index contributed by atoms with van der Waals surface area (Å²) < 4.78 is 24.9. The molecule has 174 valence electrons. The number of rotatable bonds is 9. The molecule has 0 spiro atoms. The van der Waals surface area contributed by atoms with Gasteiger partial charge in [-0.3, -0.25) is 14.7 Å². The third-order valence-corrected chi connectivity index (χ3v) is 7.30. The molecule has 9 nitrogen and oxygen atoms in total. The zero-order valence-corrected chi connectivity index (χ0v) is 20.0. The maximum Gasteiger partial charge on any atom is 0.239 e. The van der Waals surface area contributed by atoms with Gasteiger partial charge in [0.25, 0.3) is 0 Å². The molecule has 2 aliphatic heterocycles.